The van der Waals surface area contributed by atoms with Crippen molar-refractivity contribution in [3.05, 3.63) is 90.5 Å². The molecule has 1 N–H and O–H groups in total. The van der Waals surface area contributed by atoms with Gasteiger partial charge in [0.2, 0.25) is 0 Å². The molecule has 0 aliphatic rings. The Kier molecular flexibility index (Phi) is 10.3. The third-order valence-corrected chi connectivity index (χ3v) is 11.2. The van der Waals surface area contributed by atoms with E-state index < -0.39 is 14.4 Å². The monoisotopic (exact) mass is 502 g/mol. The highest BCUT2D eigenvalue weighted by Crippen LogP contribution is 2.36. The zero-order chi connectivity index (χ0) is 25.9. The molecule has 3 aromatic rings. The van der Waals surface area contributed by atoms with Crippen LogP contribution in [0.3, 0.4) is 0 Å². The summed E-state index contributed by atoms with van der Waals surface area (Å²) in [4.78, 5) is 0. The van der Waals surface area contributed by atoms with E-state index in [0.717, 1.165) is 11.3 Å². The first kappa shape index (κ1) is 27.7. The fourth-order valence-corrected chi connectivity index (χ4v) is 8.96. The Morgan fingerprint density at radius 2 is 1.42 bits per heavy atom. The molecule has 0 radical (unpaired) electrons. The third-order valence-electron chi connectivity index (χ3n) is 6.19. The van der Waals surface area contributed by atoms with Crippen molar-refractivity contribution in [2.24, 2.45) is 0 Å². The molecule has 0 bridgehead atoms. The number of hydrogen-bond donors (Lipinski definition) is 1. The van der Waals surface area contributed by atoms with Crippen molar-refractivity contribution in [2.75, 3.05) is 20.3 Å². The van der Waals surface area contributed by atoms with Gasteiger partial charge in [0, 0.05) is 19.4 Å². The molecule has 0 unspecified atom stereocenters. The Morgan fingerprint density at radius 3 is 1.94 bits per heavy atom. The highest BCUT2D eigenvalue weighted by molar-refractivity contribution is 6.99. The number of aliphatic hydroxyl groups is 1. The van der Waals surface area contributed by atoms with E-state index in [1.54, 1.807) is 7.11 Å². The lowest BCUT2D eigenvalue weighted by Crippen LogP contribution is -2.66. The summed E-state index contributed by atoms with van der Waals surface area (Å²) in [5.74, 6) is 6.82. The molecule has 0 spiro atoms. The fraction of sp³-hybridized carbons (Fsp3) is 0.355. The van der Waals surface area contributed by atoms with Crippen LogP contribution in [-0.4, -0.2) is 39.9 Å². The number of rotatable bonds is 11. The van der Waals surface area contributed by atoms with Gasteiger partial charge in [-0.25, -0.2) is 0 Å². The lowest BCUT2D eigenvalue weighted by atomic mass is 10.2. The van der Waals surface area contributed by atoms with Gasteiger partial charge < -0.3 is 19.0 Å². The van der Waals surface area contributed by atoms with Gasteiger partial charge in [0.15, 0.2) is 0 Å². The zero-order valence-corrected chi connectivity index (χ0v) is 22.9. The lowest BCUT2D eigenvalue weighted by Gasteiger charge is -2.43. The van der Waals surface area contributed by atoms with Gasteiger partial charge in [-0.1, -0.05) is 105 Å². The number of methoxy groups -OCH3 is 1. The van der Waals surface area contributed by atoms with Crippen LogP contribution in [0, 0.1) is 11.8 Å². The highest BCUT2D eigenvalue weighted by atomic mass is 28.4. The average Bonchev–Trinajstić information content (AvgIpc) is 2.89. The van der Waals surface area contributed by atoms with Crippen molar-refractivity contribution in [1.29, 1.82) is 0 Å². The maximum Gasteiger partial charge on any atom is 0.261 e. The van der Waals surface area contributed by atoms with Crippen LogP contribution >= 0.6 is 0 Å². The van der Waals surface area contributed by atoms with Crippen LogP contribution in [0.4, 0.5) is 0 Å². The van der Waals surface area contributed by atoms with E-state index in [2.05, 4.69) is 81.1 Å². The van der Waals surface area contributed by atoms with Crippen molar-refractivity contribution in [3.8, 4) is 17.6 Å². The summed E-state index contributed by atoms with van der Waals surface area (Å²) >= 11 is 0. The second kappa shape index (κ2) is 13.4. The summed E-state index contributed by atoms with van der Waals surface area (Å²) in [5, 5.41) is 12.9. The molecule has 0 amide bonds. The maximum atomic E-state index is 10.5. The van der Waals surface area contributed by atoms with Crippen LogP contribution in [0.15, 0.2) is 84.9 Å². The van der Waals surface area contributed by atoms with Crippen LogP contribution in [0.5, 0.6) is 5.75 Å². The molecule has 190 valence electrons. The van der Waals surface area contributed by atoms with Gasteiger partial charge in [0.25, 0.3) is 8.32 Å². The predicted molar refractivity (Wildman–Crippen MR) is 149 cm³/mol. The molecule has 0 saturated carbocycles. The topological polar surface area (TPSA) is 47.9 Å². The summed E-state index contributed by atoms with van der Waals surface area (Å²) in [5.41, 5.74) is 1.09. The average molecular weight is 503 g/mol. The first-order chi connectivity index (χ1) is 17.4. The highest BCUT2D eigenvalue weighted by Gasteiger charge is 2.50. The normalized spacial score (nSPS) is 12.5. The van der Waals surface area contributed by atoms with Crippen molar-refractivity contribution in [3.63, 3.8) is 0 Å². The van der Waals surface area contributed by atoms with Crippen LogP contribution in [-0.2, 0) is 15.8 Å². The van der Waals surface area contributed by atoms with E-state index in [0.29, 0.717) is 32.7 Å². The Labute approximate surface area is 217 Å². The first-order valence-electron chi connectivity index (χ1n) is 12.5. The zero-order valence-electron chi connectivity index (χ0n) is 21.9. The second-order valence-corrected chi connectivity index (χ2v) is 14.1. The maximum absolute atomic E-state index is 10.5. The van der Waals surface area contributed by atoms with Crippen LogP contribution in [0.2, 0.25) is 5.04 Å². The van der Waals surface area contributed by atoms with Crippen molar-refractivity contribution >= 4 is 18.7 Å². The van der Waals surface area contributed by atoms with Crippen LogP contribution in [0.1, 0.15) is 39.2 Å². The fourth-order valence-electron chi connectivity index (χ4n) is 4.38. The van der Waals surface area contributed by atoms with Gasteiger partial charge in [-0.2, -0.15) is 0 Å². The van der Waals surface area contributed by atoms with Gasteiger partial charge in [0.1, 0.15) is 11.9 Å². The minimum absolute atomic E-state index is 0.0897. The van der Waals surface area contributed by atoms with Crippen molar-refractivity contribution in [2.45, 2.75) is 51.4 Å². The molecule has 3 rings (SSSR count). The molecular weight excluding hydrogens is 464 g/mol. The number of aliphatic hydroxyl groups excluding tert-OH is 1. The van der Waals surface area contributed by atoms with Gasteiger partial charge in [0.05, 0.1) is 20.3 Å². The minimum Gasteiger partial charge on any atom is -0.497 e. The molecule has 0 heterocycles. The molecule has 1 atom stereocenters. The van der Waals surface area contributed by atoms with Crippen LogP contribution < -0.4 is 15.1 Å². The van der Waals surface area contributed by atoms with Crippen molar-refractivity contribution in [1.82, 2.24) is 0 Å². The Bertz CT molecular complexity index is 1060. The number of hydrogen-bond acceptors (Lipinski definition) is 4. The number of benzene rings is 3. The minimum atomic E-state index is -2.59. The molecule has 0 aromatic heterocycles. The molecular formula is C31H38O4Si. The van der Waals surface area contributed by atoms with E-state index in [-0.39, 0.29) is 5.04 Å². The van der Waals surface area contributed by atoms with E-state index in [9.17, 15) is 5.11 Å². The largest absolute Gasteiger partial charge is 0.497 e. The van der Waals surface area contributed by atoms with E-state index in [1.165, 1.54) is 10.4 Å². The van der Waals surface area contributed by atoms with Crippen LogP contribution in [0.25, 0.3) is 0 Å². The third kappa shape index (κ3) is 7.31. The Balaban J connectivity index is 1.55. The van der Waals surface area contributed by atoms with Gasteiger partial charge in [-0.05, 0) is 33.1 Å². The van der Waals surface area contributed by atoms with E-state index in [1.807, 2.05) is 36.4 Å². The van der Waals surface area contributed by atoms with Gasteiger partial charge >= 0.3 is 0 Å². The summed E-state index contributed by atoms with van der Waals surface area (Å²) < 4.78 is 17.7. The van der Waals surface area contributed by atoms with Crippen molar-refractivity contribution < 1.29 is 19.0 Å². The van der Waals surface area contributed by atoms with E-state index >= 15 is 0 Å². The summed E-state index contributed by atoms with van der Waals surface area (Å²) in [6.45, 7) is 8.24. The molecule has 0 saturated heterocycles. The quantitative estimate of drug-likeness (QED) is 0.229. The summed E-state index contributed by atoms with van der Waals surface area (Å²) in [6.07, 6.45) is 0.303. The second-order valence-electron chi connectivity index (χ2n) is 9.79. The first-order valence-corrected chi connectivity index (χ1v) is 14.4. The predicted octanol–water partition coefficient (Wildman–Crippen LogP) is 4.93. The van der Waals surface area contributed by atoms with E-state index in [4.69, 9.17) is 13.9 Å². The van der Waals surface area contributed by atoms with Gasteiger partial charge in [-0.15, -0.1) is 0 Å². The summed E-state index contributed by atoms with van der Waals surface area (Å²) in [7, 11) is -0.938. The SMILES string of the molecule is COc1ccc(COCCC#C[C@@H](O)CCO[Si](c2ccccc2)(c2ccccc2)C(C)(C)C)cc1. The Hall–Kier alpha value is -2.88. The molecule has 36 heavy (non-hydrogen) atoms. The molecule has 0 fully saturated rings. The smallest absolute Gasteiger partial charge is 0.261 e. The molecule has 5 heteroatoms. The summed E-state index contributed by atoms with van der Waals surface area (Å²) in [6, 6.07) is 28.9. The standard InChI is InChI=1S/C31H38O4Si/c1-31(2,3)36(29-14-7-5-8-15-29,30-16-9-6-10-17-30)35-24-22-27(32)13-11-12-23-34-25-26-18-20-28(33-4)21-19-26/h5-10,14-21,27,32H,12,22-25H2,1-4H3/t27-/m1/s1. The molecule has 3 aromatic carbocycles. The lowest BCUT2D eigenvalue weighted by molar-refractivity contribution is 0.126. The molecule has 0 aliphatic carbocycles. The molecule has 0 aliphatic heterocycles. The number of ether oxygens (including phenoxy) is 2. The molecule has 4 nitrogen and oxygen atoms in total. The van der Waals surface area contributed by atoms with Gasteiger partial charge in [-0.3, -0.25) is 0 Å². The Morgan fingerprint density at radius 1 is 0.833 bits per heavy atom.